The highest BCUT2D eigenvalue weighted by molar-refractivity contribution is 5.60. The molecule has 0 fully saturated rings. The van der Waals surface area contributed by atoms with Gasteiger partial charge in [-0.15, -0.1) is 0 Å². The van der Waals surface area contributed by atoms with Crippen molar-refractivity contribution in [1.82, 2.24) is 0 Å². The highest BCUT2D eigenvalue weighted by Crippen LogP contribution is 2.07. The van der Waals surface area contributed by atoms with Crippen molar-refractivity contribution >= 4 is 6.16 Å². The van der Waals surface area contributed by atoms with Gasteiger partial charge in [-0.2, -0.15) is 0 Å². The van der Waals surface area contributed by atoms with Crippen LogP contribution < -0.4 is 0 Å². The molecule has 0 aliphatic carbocycles. The minimum Gasteiger partial charge on any atom is -0.431 e. The quantitative estimate of drug-likeness (QED) is 0.599. The van der Waals surface area contributed by atoms with Crippen molar-refractivity contribution in [3.05, 3.63) is 6.61 Å². The molecule has 3 heteroatoms. The summed E-state index contributed by atoms with van der Waals surface area (Å²) in [6.45, 7) is 7.01. The third kappa shape index (κ3) is 4.99. The van der Waals surface area contributed by atoms with E-state index >= 15 is 0 Å². The fraction of sp³-hybridized carbons (Fsp3) is 0.778. The summed E-state index contributed by atoms with van der Waals surface area (Å²) < 4.78 is 9.52. The third-order valence-electron chi connectivity index (χ3n) is 1.54. The first kappa shape index (κ1) is 11.3. The Labute approximate surface area is 74.0 Å². The van der Waals surface area contributed by atoms with E-state index in [-0.39, 0.29) is 6.10 Å². The average molecular weight is 173 g/mol. The molecule has 0 saturated heterocycles. The molecule has 1 atom stereocenters. The van der Waals surface area contributed by atoms with Crippen molar-refractivity contribution in [2.45, 2.75) is 46.1 Å². The number of carbonyl (C=O) groups is 1. The first-order valence-electron chi connectivity index (χ1n) is 4.39. The molecule has 3 nitrogen and oxygen atoms in total. The Bertz CT molecular complexity index is 123. The van der Waals surface area contributed by atoms with Gasteiger partial charge >= 0.3 is 6.16 Å². The SMILES string of the molecule is C[CH]OC(=O)OC(CC)CCC. The zero-order valence-electron chi connectivity index (χ0n) is 8.00. The van der Waals surface area contributed by atoms with Crippen LogP contribution in [0.15, 0.2) is 0 Å². The molecular weight excluding hydrogens is 156 g/mol. The van der Waals surface area contributed by atoms with Crippen LogP contribution in [0.2, 0.25) is 0 Å². The molecular formula is C9H17O3. The maximum atomic E-state index is 10.8. The molecule has 0 aliphatic heterocycles. The van der Waals surface area contributed by atoms with E-state index in [4.69, 9.17) is 4.74 Å². The van der Waals surface area contributed by atoms with E-state index < -0.39 is 6.16 Å². The van der Waals surface area contributed by atoms with Crippen LogP contribution in [0.3, 0.4) is 0 Å². The lowest BCUT2D eigenvalue weighted by Crippen LogP contribution is -2.17. The lowest BCUT2D eigenvalue weighted by Gasteiger charge is -2.13. The predicted octanol–water partition coefficient (Wildman–Crippen LogP) is 2.90. The third-order valence-corrected chi connectivity index (χ3v) is 1.54. The van der Waals surface area contributed by atoms with Gasteiger partial charge in [-0.1, -0.05) is 20.3 Å². The molecule has 0 aromatic heterocycles. The number of ether oxygens (including phenoxy) is 2. The zero-order valence-corrected chi connectivity index (χ0v) is 8.00. The zero-order chi connectivity index (χ0) is 9.40. The molecule has 0 aliphatic rings. The summed E-state index contributed by atoms with van der Waals surface area (Å²) in [6, 6.07) is 0. The van der Waals surface area contributed by atoms with Crippen molar-refractivity contribution in [2.75, 3.05) is 0 Å². The number of rotatable bonds is 5. The van der Waals surface area contributed by atoms with Crippen molar-refractivity contribution in [2.24, 2.45) is 0 Å². The summed E-state index contributed by atoms with van der Waals surface area (Å²) in [5.41, 5.74) is 0. The van der Waals surface area contributed by atoms with Crippen molar-refractivity contribution in [3.63, 3.8) is 0 Å². The van der Waals surface area contributed by atoms with Gasteiger partial charge in [0, 0.05) is 0 Å². The second-order valence-corrected chi connectivity index (χ2v) is 2.54. The molecule has 0 heterocycles. The fourth-order valence-corrected chi connectivity index (χ4v) is 0.928. The maximum absolute atomic E-state index is 10.8. The largest absolute Gasteiger partial charge is 0.508 e. The second kappa shape index (κ2) is 6.95. The van der Waals surface area contributed by atoms with Crippen LogP contribution in [0, 0.1) is 6.61 Å². The second-order valence-electron chi connectivity index (χ2n) is 2.54. The van der Waals surface area contributed by atoms with Crippen LogP contribution in [-0.4, -0.2) is 12.3 Å². The lowest BCUT2D eigenvalue weighted by atomic mass is 10.2. The number of carbonyl (C=O) groups excluding carboxylic acids is 1. The standard InChI is InChI=1S/C9H17O3/c1-4-7-8(5-2)12-9(10)11-6-3/h6,8H,4-5,7H2,1-3H3. The van der Waals surface area contributed by atoms with Gasteiger partial charge in [-0.05, 0) is 19.8 Å². The molecule has 0 aromatic carbocycles. The molecule has 0 N–H and O–H groups in total. The Morgan fingerprint density at radius 2 is 2.17 bits per heavy atom. The van der Waals surface area contributed by atoms with E-state index in [0.29, 0.717) is 0 Å². The van der Waals surface area contributed by atoms with E-state index in [2.05, 4.69) is 11.7 Å². The van der Waals surface area contributed by atoms with E-state index in [0.717, 1.165) is 19.3 Å². The normalized spacial score (nSPS) is 12.2. The topological polar surface area (TPSA) is 35.5 Å². The lowest BCUT2D eigenvalue weighted by molar-refractivity contribution is 0.0340. The van der Waals surface area contributed by atoms with Gasteiger partial charge in [0.25, 0.3) is 0 Å². The number of hydrogen-bond donors (Lipinski definition) is 0. The Hall–Kier alpha value is -0.730. The molecule has 0 saturated carbocycles. The maximum Gasteiger partial charge on any atom is 0.508 e. The van der Waals surface area contributed by atoms with Crippen LogP contribution in [0.1, 0.15) is 40.0 Å². The van der Waals surface area contributed by atoms with Crippen molar-refractivity contribution in [1.29, 1.82) is 0 Å². The molecule has 12 heavy (non-hydrogen) atoms. The highest BCUT2D eigenvalue weighted by Gasteiger charge is 2.11. The Kier molecular flexibility index (Phi) is 6.53. The van der Waals surface area contributed by atoms with Gasteiger partial charge in [0.2, 0.25) is 0 Å². The van der Waals surface area contributed by atoms with Gasteiger partial charge < -0.3 is 9.47 Å². The highest BCUT2D eigenvalue weighted by atomic mass is 16.7. The van der Waals surface area contributed by atoms with Gasteiger partial charge in [0.05, 0.1) is 0 Å². The summed E-state index contributed by atoms with van der Waals surface area (Å²) in [7, 11) is 0. The molecule has 0 bridgehead atoms. The summed E-state index contributed by atoms with van der Waals surface area (Å²) in [5, 5.41) is 0. The Balaban J connectivity index is 3.61. The van der Waals surface area contributed by atoms with Gasteiger partial charge in [0.15, 0.2) is 0 Å². The molecule has 1 unspecified atom stereocenters. The smallest absolute Gasteiger partial charge is 0.431 e. The first-order chi connectivity index (χ1) is 5.74. The van der Waals surface area contributed by atoms with E-state index in [1.54, 1.807) is 6.92 Å². The Morgan fingerprint density at radius 1 is 1.50 bits per heavy atom. The first-order valence-corrected chi connectivity index (χ1v) is 4.39. The van der Waals surface area contributed by atoms with E-state index in [9.17, 15) is 4.79 Å². The van der Waals surface area contributed by atoms with Crippen LogP contribution in [0.5, 0.6) is 0 Å². The molecule has 0 rings (SSSR count). The van der Waals surface area contributed by atoms with Crippen LogP contribution in [0.4, 0.5) is 4.79 Å². The summed E-state index contributed by atoms with van der Waals surface area (Å²) in [4.78, 5) is 10.8. The Morgan fingerprint density at radius 3 is 2.58 bits per heavy atom. The molecule has 0 aromatic rings. The van der Waals surface area contributed by atoms with Gasteiger partial charge in [-0.25, -0.2) is 4.79 Å². The number of hydrogen-bond acceptors (Lipinski definition) is 3. The summed E-state index contributed by atoms with van der Waals surface area (Å²) >= 11 is 0. The minimum atomic E-state index is -0.599. The van der Waals surface area contributed by atoms with E-state index in [1.807, 2.05) is 6.92 Å². The molecule has 0 amide bonds. The predicted molar refractivity (Wildman–Crippen MR) is 46.5 cm³/mol. The summed E-state index contributed by atoms with van der Waals surface area (Å²) in [6.07, 6.45) is 2.16. The van der Waals surface area contributed by atoms with Gasteiger partial charge in [0.1, 0.15) is 12.7 Å². The minimum absolute atomic E-state index is 0.00227. The van der Waals surface area contributed by atoms with Crippen molar-refractivity contribution < 1.29 is 14.3 Å². The van der Waals surface area contributed by atoms with Crippen molar-refractivity contribution in [3.8, 4) is 0 Å². The van der Waals surface area contributed by atoms with Crippen LogP contribution in [-0.2, 0) is 9.47 Å². The fourth-order valence-electron chi connectivity index (χ4n) is 0.928. The molecule has 71 valence electrons. The monoisotopic (exact) mass is 173 g/mol. The average Bonchev–Trinajstić information content (AvgIpc) is 2.04. The van der Waals surface area contributed by atoms with E-state index in [1.165, 1.54) is 6.61 Å². The van der Waals surface area contributed by atoms with Crippen LogP contribution >= 0.6 is 0 Å². The van der Waals surface area contributed by atoms with Crippen LogP contribution in [0.25, 0.3) is 0 Å². The molecule has 1 radical (unpaired) electrons. The summed E-state index contributed by atoms with van der Waals surface area (Å²) in [5.74, 6) is 0. The van der Waals surface area contributed by atoms with Gasteiger partial charge in [-0.3, -0.25) is 0 Å². The molecule has 0 spiro atoms.